The molecule has 3 heteroatoms. The molecule has 1 heterocycles. The topological polar surface area (TPSA) is 38.9 Å². The Labute approximate surface area is 77.0 Å². The molecule has 2 rings (SSSR count). The van der Waals surface area contributed by atoms with Gasteiger partial charge in [-0.05, 0) is 24.5 Å². The molecule has 0 aliphatic heterocycles. The van der Waals surface area contributed by atoms with Crippen molar-refractivity contribution in [1.29, 1.82) is 0 Å². The van der Waals surface area contributed by atoms with Crippen LogP contribution in [0.15, 0.2) is 18.3 Å². The lowest BCUT2D eigenvalue weighted by molar-refractivity contribution is 0.457. The predicted molar refractivity (Wildman–Crippen MR) is 48.5 cm³/mol. The highest BCUT2D eigenvalue weighted by molar-refractivity contribution is 5.21. The van der Waals surface area contributed by atoms with E-state index in [2.05, 4.69) is 4.98 Å². The first kappa shape index (κ1) is 8.63. The fraction of sp³-hybridized carbons (Fsp3) is 0.500. The Bertz CT molecular complexity index is 288. The van der Waals surface area contributed by atoms with E-state index in [1.807, 2.05) is 0 Å². The van der Waals surface area contributed by atoms with E-state index < -0.39 is 5.95 Å². The highest BCUT2D eigenvalue weighted by Crippen LogP contribution is 2.35. The van der Waals surface area contributed by atoms with Gasteiger partial charge in [-0.25, -0.2) is 4.98 Å². The summed E-state index contributed by atoms with van der Waals surface area (Å²) in [6.07, 6.45) is 5.85. The Morgan fingerprint density at radius 2 is 2.00 bits per heavy atom. The van der Waals surface area contributed by atoms with Crippen molar-refractivity contribution in [2.75, 3.05) is 0 Å². The summed E-state index contributed by atoms with van der Waals surface area (Å²) >= 11 is 0. The minimum Gasteiger partial charge on any atom is -0.321 e. The van der Waals surface area contributed by atoms with Gasteiger partial charge < -0.3 is 5.73 Å². The third-order valence-corrected chi connectivity index (χ3v) is 2.80. The summed E-state index contributed by atoms with van der Waals surface area (Å²) in [5.74, 6) is -0.439. The van der Waals surface area contributed by atoms with Gasteiger partial charge in [0.25, 0.3) is 0 Å². The van der Waals surface area contributed by atoms with E-state index in [0.717, 1.165) is 31.2 Å². The SMILES string of the molecule is NC1(c2ccc(F)nc2)CCCC1. The standard InChI is InChI=1S/C10H13FN2/c11-9-4-3-8(7-13-9)10(12)5-1-2-6-10/h3-4,7H,1-2,5-6,12H2. The second-order valence-corrected chi connectivity index (χ2v) is 3.73. The van der Waals surface area contributed by atoms with Crippen LogP contribution < -0.4 is 5.73 Å². The lowest BCUT2D eigenvalue weighted by Gasteiger charge is -2.23. The molecular weight excluding hydrogens is 167 g/mol. The van der Waals surface area contributed by atoms with Gasteiger partial charge in [0.05, 0.1) is 0 Å². The van der Waals surface area contributed by atoms with Crippen molar-refractivity contribution in [1.82, 2.24) is 4.98 Å². The van der Waals surface area contributed by atoms with Crippen LogP contribution in [0, 0.1) is 5.95 Å². The number of hydrogen-bond acceptors (Lipinski definition) is 2. The number of aromatic nitrogens is 1. The molecular formula is C10H13FN2. The van der Waals surface area contributed by atoms with Crippen LogP contribution in [0.1, 0.15) is 31.2 Å². The van der Waals surface area contributed by atoms with Gasteiger partial charge in [0.2, 0.25) is 5.95 Å². The summed E-state index contributed by atoms with van der Waals surface area (Å²) in [7, 11) is 0. The quantitative estimate of drug-likeness (QED) is 0.671. The predicted octanol–water partition coefficient (Wildman–Crippen LogP) is 1.95. The number of nitrogens with two attached hydrogens (primary N) is 1. The van der Waals surface area contributed by atoms with Crippen LogP contribution in [0.2, 0.25) is 0 Å². The van der Waals surface area contributed by atoms with Crippen molar-refractivity contribution in [3.63, 3.8) is 0 Å². The van der Waals surface area contributed by atoms with Crippen LogP contribution in [0.4, 0.5) is 4.39 Å². The summed E-state index contributed by atoms with van der Waals surface area (Å²) in [5, 5.41) is 0. The largest absolute Gasteiger partial charge is 0.321 e. The van der Waals surface area contributed by atoms with Crippen molar-refractivity contribution < 1.29 is 4.39 Å². The fourth-order valence-electron chi connectivity index (χ4n) is 1.96. The first-order chi connectivity index (χ1) is 6.21. The average Bonchev–Trinajstić information content (AvgIpc) is 2.54. The van der Waals surface area contributed by atoms with Gasteiger partial charge in [-0.15, -0.1) is 0 Å². The molecule has 0 atom stereocenters. The normalized spacial score (nSPS) is 20.5. The first-order valence-corrected chi connectivity index (χ1v) is 4.62. The zero-order valence-corrected chi connectivity index (χ0v) is 7.46. The number of nitrogens with zero attached hydrogens (tertiary/aromatic N) is 1. The molecule has 1 aliphatic rings. The third-order valence-electron chi connectivity index (χ3n) is 2.80. The van der Waals surface area contributed by atoms with Gasteiger partial charge in [-0.1, -0.05) is 18.9 Å². The van der Waals surface area contributed by atoms with Crippen molar-refractivity contribution in [2.45, 2.75) is 31.2 Å². The van der Waals surface area contributed by atoms with Gasteiger partial charge in [0.1, 0.15) is 0 Å². The van der Waals surface area contributed by atoms with E-state index in [1.165, 1.54) is 6.07 Å². The Morgan fingerprint density at radius 3 is 2.54 bits per heavy atom. The molecule has 70 valence electrons. The molecule has 0 saturated heterocycles. The maximum Gasteiger partial charge on any atom is 0.212 e. The van der Waals surface area contributed by atoms with Gasteiger partial charge in [0.15, 0.2) is 0 Å². The summed E-state index contributed by atoms with van der Waals surface area (Å²) in [4.78, 5) is 3.62. The van der Waals surface area contributed by atoms with E-state index in [9.17, 15) is 4.39 Å². The molecule has 13 heavy (non-hydrogen) atoms. The first-order valence-electron chi connectivity index (χ1n) is 4.62. The number of halogens is 1. The summed E-state index contributed by atoms with van der Waals surface area (Å²) < 4.78 is 12.5. The molecule has 0 unspecified atom stereocenters. The van der Waals surface area contributed by atoms with E-state index in [4.69, 9.17) is 5.73 Å². The second-order valence-electron chi connectivity index (χ2n) is 3.73. The second kappa shape index (κ2) is 3.07. The molecule has 0 radical (unpaired) electrons. The summed E-state index contributed by atoms with van der Waals surface area (Å²) in [5.41, 5.74) is 6.88. The molecule has 0 spiro atoms. The Morgan fingerprint density at radius 1 is 1.31 bits per heavy atom. The lowest BCUT2D eigenvalue weighted by Crippen LogP contribution is -2.33. The van der Waals surface area contributed by atoms with Crippen LogP contribution in [0.5, 0.6) is 0 Å². The molecule has 1 fully saturated rings. The number of rotatable bonds is 1. The number of pyridine rings is 1. The van der Waals surface area contributed by atoms with Crippen LogP contribution in [0.3, 0.4) is 0 Å². The van der Waals surface area contributed by atoms with Crippen LogP contribution in [-0.4, -0.2) is 4.98 Å². The van der Waals surface area contributed by atoms with E-state index in [1.54, 1.807) is 12.3 Å². The molecule has 1 aromatic heterocycles. The number of hydrogen-bond donors (Lipinski definition) is 1. The van der Waals surface area contributed by atoms with Crippen molar-refractivity contribution in [3.05, 3.63) is 29.8 Å². The van der Waals surface area contributed by atoms with Crippen molar-refractivity contribution in [2.24, 2.45) is 5.73 Å². The molecule has 1 saturated carbocycles. The van der Waals surface area contributed by atoms with Crippen LogP contribution in [0.25, 0.3) is 0 Å². The molecule has 0 aromatic carbocycles. The maximum atomic E-state index is 12.5. The molecule has 0 bridgehead atoms. The fourth-order valence-corrected chi connectivity index (χ4v) is 1.96. The molecule has 2 nitrogen and oxygen atoms in total. The molecule has 2 N–H and O–H groups in total. The van der Waals surface area contributed by atoms with E-state index >= 15 is 0 Å². The van der Waals surface area contributed by atoms with Gasteiger partial charge in [0, 0.05) is 11.7 Å². The lowest BCUT2D eigenvalue weighted by atomic mass is 9.91. The van der Waals surface area contributed by atoms with Crippen molar-refractivity contribution in [3.8, 4) is 0 Å². The van der Waals surface area contributed by atoms with Crippen molar-refractivity contribution >= 4 is 0 Å². The summed E-state index contributed by atoms with van der Waals surface area (Å²) in [6.45, 7) is 0. The van der Waals surface area contributed by atoms with E-state index in [-0.39, 0.29) is 5.54 Å². The van der Waals surface area contributed by atoms with Gasteiger partial charge >= 0.3 is 0 Å². The zero-order valence-electron chi connectivity index (χ0n) is 7.46. The monoisotopic (exact) mass is 180 g/mol. The maximum absolute atomic E-state index is 12.5. The minimum absolute atomic E-state index is 0.249. The highest BCUT2D eigenvalue weighted by atomic mass is 19.1. The third kappa shape index (κ3) is 1.56. The van der Waals surface area contributed by atoms with Gasteiger partial charge in [-0.3, -0.25) is 0 Å². The molecule has 1 aromatic rings. The Hall–Kier alpha value is -0.960. The van der Waals surface area contributed by atoms with Crippen LogP contribution >= 0.6 is 0 Å². The summed E-state index contributed by atoms with van der Waals surface area (Å²) in [6, 6.07) is 3.12. The zero-order chi connectivity index (χ0) is 9.31. The van der Waals surface area contributed by atoms with E-state index in [0.29, 0.717) is 0 Å². The minimum atomic E-state index is -0.439. The molecule has 1 aliphatic carbocycles. The smallest absolute Gasteiger partial charge is 0.212 e. The van der Waals surface area contributed by atoms with Gasteiger partial charge in [-0.2, -0.15) is 4.39 Å². The Balaban J connectivity index is 2.29. The average molecular weight is 180 g/mol. The Kier molecular flexibility index (Phi) is 2.04. The molecule has 0 amide bonds. The van der Waals surface area contributed by atoms with Crippen LogP contribution in [-0.2, 0) is 5.54 Å². The highest BCUT2D eigenvalue weighted by Gasteiger charge is 2.31.